The molecule has 0 aromatic rings. The second-order valence-corrected chi connectivity index (χ2v) is 4.14. The Hall–Kier alpha value is -0.0800. The van der Waals surface area contributed by atoms with Crippen LogP contribution in [0, 0.1) is 11.8 Å². The van der Waals surface area contributed by atoms with Crippen LogP contribution in [0.5, 0.6) is 0 Å². The molecule has 0 radical (unpaired) electrons. The first-order valence-corrected chi connectivity index (χ1v) is 5.22. The molecule has 12 heavy (non-hydrogen) atoms. The van der Waals surface area contributed by atoms with Gasteiger partial charge in [0.05, 0.1) is 12.7 Å². The van der Waals surface area contributed by atoms with E-state index in [2.05, 4.69) is 12.2 Å². The SMILES string of the molecule is CCC1COC1CCC1CNC1. The third-order valence-corrected chi connectivity index (χ3v) is 3.30. The van der Waals surface area contributed by atoms with E-state index in [9.17, 15) is 0 Å². The van der Waals surface area contributed by atoms with Crippen molar-refractivity contribution in [3.05, 3.63) is 0 Å². The molecular weight excluding hydrogens is 150 g/mol. The molecular formula is C10H19NO. The maximum absolute atomic E-state index is 5.53. The summed E-state index contributed by atoms with van der Waals surface area (Å²) in [5, 5.41) is 3.31. The molecule has 2 aliphatic heterocycles. The lowest BCUT2D eigenvalue weighted by atomic mass is 9.87. The van der Waals surface area contributed by atoms with Crippen LogP contribution < -0.4 is 5.32 Å². The van der Waals surface area contributed by atoms with Crippen LogP contribution in [0.1, 0.15) is 26.2 Å². The summed E-state index contributed by atoms with van der Waals surface area (Å²) in [6.07, 6.45) is 4.57. The Morgan fingerprint density at radius 3 is 2.58 bits per heavy atom. The first-order valence-electron chi connectivity index (χ1n) is 5.22. The minimum atomic E-state index is 0.607. The molecule has 0 aromatic carbocycles. The van der Waals surface area contributed by atoms with Crippen LogP contribution in [0.25, 0.3) is 0 Å². The Morgan fingerprint density at radius 2 is 2.17 bits per heavy atom. The van der Waals surface area contributed by atoms with Crippen molar-refractivity contribution in [3.63, 3.8) is 0 Å². The Kier molecular flexibility index (Phi) is 2.66. The van der Waals surface area contributed by atoms with Crippen molar-refractivity contribution in [2.45, 2.75) is 32.3 Å². The molecule has 2 aliphatic rings. The van der Waals surface area contributed by atoms with Gasteiger partial charge in [-0.15, -0.1) is 0 Å². The molecule has 2 nitrogen and oxygen atoms in total. The van der Waals surface area contributed by atoms with E-state index in [4.69, 9.17) is 4.74 Å². The highest BCUT2D eigenvalue weighted by Crippen LogP contribution is 2.28. The number of hydrogen-bond acceptors (Lipinski definition) is 2. The third kappa shape index (κ3) is 1.64. The molecule has 2 unspecified atom stereocenters. The van der Waals surface area contributed by atoms with Gasteiger partial charge < -0.3 is 10.1 Å². The molecule has 0 saturated carbocycles. The largest absolute Gasteiger partial charge is 0.377 e. The van der Waals surface area contributed by atoms with Gasteiger partial charge in [0.1, 0.15) is 0 Å². The van der Waals surface area contributed by atoms with Gasteiger partial charge in [-0.05, 0) is 38.3 Å². The average Bonchev–Trinajstić information content (AvgIpc) is 1.93. The lowest BCUT2D eigenvalue weighted by Gasteiger charge is -2.38. The van der Waals surface area contributed by atoms with Gasteiger partial charge in [-0.1, -0.05) is 6.92 Å². The standard InChI is InChI=1S/C10H19NO/c1-2-9-7-12-10(9)4-3-8-5-11-6-8/h8-11H,2-7H2,1H3. The topological polar surface area (TPSA) is 21.3 Å². The second-order valence-electron chi connectivity index (χ2n) is 4.14. The fraction of sp³-hybridized carbons (Fsp3) is 1.00. The first kappa shape index (κ1) is 8.52. The quantitative estimate of drug-likeness (QED) is 0.687. The summed E-state index contributed by atoms with van der Waals surface area (Å²) in [6.45, 7) is 5.77. The zero-order valence-electron chi connectivity index (χ0n) is 7.88. The molecule has 0 bridgehead atoms. The predicted octanol–water partition coefficient (Wildman–Crippen LogP) is 1.41. The zero-order valence-corrected chi connectivity index (χ0v) is 7.88. The van der Waals surface area contributed by atoms with Gasteiger partial charge in [0.25, 0.3) is 0 Å². The van der Waals surface area contributed by atoms with E-state index in [1.54, 1.807) is 0 Å². The van der Waals surface area contributed by atoms with Gasteiger partial charge in [0, 0.05) is 5.92 Å². The fourth-order valence-electron chi connectivity index (χ4n) is 2.02. The summed E-state index contributed by atoms with van der Waals surface area (Å²) in [5.74, 6) is 1.82. The van der Waals surface area contributed by atoms with E-state index >= 15 is 0 Å². The van der Waals surface area contributed by atoms with Crippen molar-refractivity contribution in [1.82, 2.24) is 5.32 Å². The van der Waals surface area contributed by atoms with Gasteiger partial charge >= 0.3 is 0 Å². The van der Waals surface area contributed by atoms with Crippen molar-refractivity contribution < 1.29 is 4.74 Å². The monoisotopic (exact) mass is 169 g/mol. The van der Waals surface area contributed by atoms with Gasteiger partial charge in [0.2, 0.25) is 0 Å². The summed E-state index contributed by atoms with van der Waals surface area (Å²) in [5.41, 5.74) is 0. The Labute approximate surface area is 74.7 Å². The first-order chi connectivity index (χ1) is 5.90. The van der Waals surface area contributed by atoms with E-state index in [0.717, 1.165) is 18.4 Å². The van der Waals surface area contributed by atoms with Crippen molar-refractivity contribution in [2.75, 3.05) is 19.7 Å². The summed E-state index contributed by atoms with van der Waals surface area (Å²) in [7, 11) is 0. The summed E-state index contributed by atoms with van der Waals surface area (Å²) in [4.78, 5) is 0. The molecule has 0 spiro atoms. The third-order valence-electron chi connectivity index (χ3n) is 3.30. The smallest absolute Gasteiger partial charge is 0.0625 e. The average molecular weight is 169 g/mol. The highest BCUT2D eigenvalue weighted by molar-refractivity contribution is 4.81. The van der Waals surface area contributed by atoms with Gasteiger partial charge in [-0.25, -0.2) is 0 Å². The summed E-state index contributed by atoms with van der Waals surface area (Å²) >= 11 is 0. The zero-order chi connectivity index (χ0) is 8.39. The van der Waals surface area contributed by atoms with Crippen molar-refractivity contribution in [2.24, 2.45) is 11.8 Å². The van der Waals surface area contributed by atoms with Crippen molar-refractivity contribution in [3.8, 4) is 0 Å². The minimum Gasteiger partial charge on any atom is -0.377 e. The van der Waals surface area contributed by atoms with Crippen molar-refractivity contribution >= 4 is 0 Å². The molecule has 2 heterocycles. The maximum atomic E-state index is 5.53. The lowest BCUT2D eigenvalue weighted by Crippen LogP contribution is -2.44. The molecule has 2 heteroatoms. The Morgan fingerprint density at radius 1 is 1.33 bits per heavy atom. The molecule has 2 rings (SSSR count). The molecule has 1 N–H and O–H groups in total. The number of nitrogens with one attached hydrogen (secondary N) is 1. The lowest BCUT2D eigenvalue weighted by molar-refractivity contribution is -0.121. The van der Waals surface area contributed by atoms with E-state index in [0.29, 0.717) is 6.10 Å². The normalized spacial score (nSPS) is 35.8. The summed E-state index contributed by atoms with van der Waals surface area (Å²) < 4.78 is 5.53. The van der Waals surface area contributed by atoms with Crippen LogP contribution in [0.3, 0.4) is 0 Å². The molecule has 2 fully saturated rings. The maximum Gasteiger partial charge on any atom is 0.0625 e. The van der Waals surface area contributed by atoms with Crippen LogP contribution in [-0.2, 0) is 4.74 Å². The molecule has 0 aromatic heterocycles. The number of rotatable bonds is 4. The van der Waals surface area contributed by atoms with Crippen LogP contribution in [-0.4, -0.2) is 25.8 Å². The van der Waals surface area contributed by atoms with Crippen LogP contribution >= 0.6 is 0 Å². The fourth-order valence-corrected chi connectivity index (χ4v) is 2.02. The van der Waals surface area contributed by atoms with E-state index < -0.39 is 0 Å². The van der Waals surface area contributed by atoms with Crippen LogP contribution in [0.2, 0.25) is 0 Å². The number of hydrogen-bond donors (Lipinski definition) is 1. The van der Waals surface area contributed by atoms with Gasteiger partial charge in [-0.2, -0.15) is 0 Å². The molecule has 2 atom stereocenters. The van der Waals surface area contributed by atoms with Gasteiger partial charge in [0.15, 0.2) is 0 Å². The summed E-state index contributed by atoms with van der Waals surface area (Å²) in [6, 6.07) is 0. The Bertz CT molecular complexity index is 143. The van der Waals surface area contributed by atoms with E-state index in [1.165, 1.54) is 32.4 Å². The van der Waals surface area contributed by atoms with E-state index in [1.807, 2.05) is 0 Å². The molecule has 0 aliphatic carbocycles. The molecule has 0 amide bonds. The highest BCUT2D eigenvalue weighted by Gasteiger charge is 2.31. The molecule has 2 saturated heterocycles. The van der Waals surface area contributed by atoms with E-state index in [-0.39, 0.29) is 0 Å². The van der Waals surface area contributed by atoms with Crippen LogP contribution in [0.15, 0.2) is 0 Å². The second kappa shape index (κ2) is 3.75. The predicted molar refractivity (Wildman–Crippen MR) is 49.1 cm³/mol. The van der Waals surface area contributed by atoms with Crippen LogP contribution in [0.4, 0.5) is 0 Å². The minimum absolute atomic E-state index is 0.607. The molecule has 70 valence electrons. The highest BCUT2D eigenvalue weighted by atomic mass is 16.5. The van der Waals surface area contributed by atoms with Gasteiger partial charge in [-0.3, -0.25) is 0 Å². The Balaban J connectivity index is 1.59. The van der Waals surface area contributed by atoms with Crippen molar-refractivity contribution in [1.29, 1.82) is 0 Å². The number of ether oxygens (including phenoxy) is 1.